The summed E-state index contributed by atoms with van der Waals surface area (Å²) in [6, 6.07) is 0. The first kappa shape index (κ1) is 10.5. The third-order valence-corrected chi connectivity index (χ3v) is 2.29. The molecule has 2 rings (SSSR count). The molecule has 0 aromatic rings. The molecule has 2 aliphatic carbocycles. The molecule has 2 aliphatic rings. The molecule has 2 bridgehead atoms. The lowest BCUT2D eigenvalue weighted by molar-refractivity contribution is 0.0110. The molecule has 0 atom stereocenters. The molecule has 76 valence electrons. The van der Waals surface area contributed by atoms with Gasteiger partial charge < -0.3 is 5.73 Å². The molecule has 0 saturated carbocycles. The summed E-state index contributed by atoms with van der Waals surface area (Å²) in [5, 5.41) is 15.0. The van der Waals surface area contributed by atoms with Gasteiger partial charge in [0.25, 0.3) is 0 Å². The van der Waals surface area contributed by atoms with Crippen LogP contribution in [-0.2, 0) is 0 Å². The highest BCUT2D eigenvalue weighted by Crippen LogP contribution is 2.33. The molecule has 14 heavy (non-hydrogen) atoms. The number of rotatable bonds is 0. The molecule has 4 nitrogen and oxygen atoms in total. The topological polar surface area (TPSA) is 73.3 Å². The second kappa shape index (κ2) is 4.11. The molecule has 0 radical (unpaired) electrons. The number of hydrogen-bond donors (Lipinski definition) is 3. The first-order valence-corrected chi connectivity index (χ1v) is 4.39. The fraction of sp³-hybridized carbons (Fsp3) is 0.300. The molecule has 0 aromatic carbocycles. The minimum Gasteiger partial charge on any atom is -0.368 e. The Morgan fingerprint density at radius 2 is 1.79 bits per heavy atom. The van der Waals surface area contributed by atoms with E-state index in [2.05, 4.69) is 31.2 Å². The second-order valence-corrected chi connectivity index (χ2v) is 3.30. The van der Waals surface area contributed by atoms with E-state index in [1.54, 1.807) is 0 Å². The van der Waals surface area contributed by atoms with E-state index in [9.17, 15) is 0 Å². The van der Waals surface area contributed by atoms with Crippen LogP contribution in [0.1, 0.15) is 6.92 Å². The van der Waals surface area contributed by atoms with Gasteiger partial charge in [0, 0.05) is 13.0 Å². The Balaban J connectivity index is 0.000000149. The van der Waals surface area contributed by atoms with Crippen LogP contribution in [-0.4, -0.2) is 23.3 Å². The van der Waals surface area contributed by atoms with Gasteiger partial charge in [0.1, 0.15) is 0 Å². The second-order valence-electron chi connectivity index (χ2n) is 3.30. The van der Waals surface area contributed by atoms with Crippen LogP contribution in [0.15, 0.2) is 35.5 Å². The number of allylic oxidation sites excluding steroid dienone is 6. The summed E-state index contributed by atoms with van der Waals surface area (Å²) in [5.41, 5.74) is 7.64. The summed E-state index contributed by atoms with van der Waals surface area (Å²) in [4.78, 5) is 0. The number of nitrogens with one attached hydrogen (secondary N) is 1. The Hall–Kier alpha value is -1.55. The Kier molecular flexibility index (Phi) is 3.09. The van der Waals surface area contributed by atoms with Gasteiger partial charge in [-0.25, -0.2) is 5.06 Å². The van der Waals surface area contributed by atoms with Gasteiger partial charge >= 0.3 is 0 Å². The molecular formula is C10H15N3O. The average molecular weight is 193 g/mol. The lowest BCUT2D eigenvalue weighted by Crippen LogP contribution is -2.29. The third kappa shape index (κ3) is 2.23. The molecule has 0 aromatic heterocycles. The number of guanidine groups is 1. The van der Waals surface area contributed by atoms with E-state index in [1.165, 1.54) is 18.2 Å². The highest BCUT2D eigenvalue weighted by molar-refractivity contribution is 5.72. The number of hydrogen-bond acceptors (Lipinski definition) is 2. The summed E-state index contributed by atoms with van der Waals surface area (Å²) in [6.45, 7) is 2.24. The minimum atomic E-state index is -0.352. The van der Waals surface area contributed by atoms with Crippen molar-refractivity contribution in [3.63, 3.8) is 0 Å². The quantitative estimate of drug-likeness (QED) is 0.308. The normalized spacial score (nSPS) is 17.1. The maximum atomic E-state index is 8.11. The largest absolute Gasteiger partial charge is 0.368 e. The van der Waals surface area contributed by atoms with Crippen LogP contribution in [0.25, 0.3) is 0 Å². The molecule has 0 amide bonds. The lowest BCUT2D eigenvalue weighted by atomic mass is 10.1. The van der Waals surface area contributed by atoms with Crippen LogP contribution in [0, 0.1) is 11.3 Å². The van der Waals surface area contributed by atoms with Crippen LogP contribution in [0.5, 0.6) is 0 Å². The van der Waals surface area contributed by atoms with Crippen molar-refractivity contribution in [2.45, 2.75) is 6.92 Å². The van der Waals surface area contributed by atoms with Crippen LogP contribution in [0.2, 0.25) is 0 Å². The van der Waals surface area contributed by atoms with Gasteiger partial charge in [-0.3, -0.25) is 10.6 Å². The number of hydroxylamine groups is 2. The van der Waals surface area contributed by atoms with Gasteiger partial charge in [0.15, 0.2) is 0 Å². The van der Waals surface area contributed by atoms with Gasteiger partial charge in [-0.15, -0.1) is 0 Å². The van der Waals surface area contributed by atoms with Crippen molar-refractivity contribution >= 4 is 5.96 Å². The zero-order chi connectivity index (χ0) is 10.7. The summed E-state index contributed by atoms with van der Waals surface area (Å²) in [5.74, 6) is 0.352. The van der Waals surface area contributed by atoms with Crippen molar-refractivity contribution < 1.29 is 5.21 Å². The van der Waals surface area contributed by atoms with Crippen LogP contribution in [0.3, 0.4) is 0 Å². The Bertz CT molecular complexity index is 304. The van der Waals surface area contributed by atoms with E-state index in [1.807, 2.05) is 0 Å². The van der Waals surface area contributed by atoms with Crippen molar-refractivity contribution in [2.75, 3.05) is 7.05 Å². The Morgan fingerprint density at radius 3 is 1.86 bits per heavy atom. The highest BCUT2D eigenvalue weighted by atomic mass is 16.5. The predicted octanol–water partition coefficient (Wildman–Crippen LogP) is 1.26. The van der Waals surface area contributed by atoms with Crippen LogP contribution >= 0.6 is 0 Å². The monoisotopic (exact) mass is 193 g/mol. The first-order chi connectivity index (χ1) is 6.52. The zero-order valence-electron chi connectivity index (χ0n) is 8.36. The minimum absolute atomic E-state index is 0.352. The maximum absolute atomic E-state index is 8.11. The number of fused-ring (bicyclic) bond motifs is 2. The van der Waals surface area contributed by atoms with E-state index >= 15 is 0 Å². The molecule has 0 fully saturated rings. The van der Waals surface area contributed by atoms with E-state index in [4.69, 9.17) is 16.4 Å². The van der Waals surface area contributed by atoms with E-state index in [0.717, 1.165) is 0 Å². The van der Waals surface area contributed by atoms with Crippen LogP contribution in [0.4, 0.5) is 0 Å². The Morgan fingerprint density at radius 1 is 1.43 bits per heavy atom. The van der Waals surface area contributed by atoms with Crippen molar-refractivity contribution in [1.82, 2.24) is 5.06 Å². The molecule has 4 heteroatoms. The average Bonchev–Trinajstić information content (AvgIpc) is 2.65. The number of nitrogens with two attached hydrogens (primary N) is 1. The van der Waals surface area contributed by atoms with Crippen molar-refractivity contribution in [3.05, 3.63) is 35.5 Å². The maximum Gasteiger partial charge on any atom is 0.212 e. The molecule has 0 heterocycles. The molecule has 0 saturated heterocycles. The molecule has 0 unspecified atom stereocenters. The summed E-state index contributed by atoms with van der Waals surface area (Å²) in [7, 11) is 1.28. The molecule has 4 N–H and O–H groups in total. The molecular weight excluding hydrogens is 178 g/mol. The standard InChI is InChI=1S/C8H8.C2H7N3O/c1-6-7-2-3-8(6)5-4-7;1-5(6)2(3)4/h2-6H,1H3;6H,1H3,(H3,3,4). The Labute approximate surface area is 83.5 Å². The van der Waals surface area contributed by atoms with Gasteiger partial charge in [0.2, 0.25) is 5.96 Å². The van der Waals surface area contributed by atoms with Crippen molar-refractivity contribution in [2.24, 2.45) is 11.7 Å². The lowest BCUT2D eigenvalue weighted by Gasteiger charge is -2.03. The van der Waals surface area contributed by atoms with Gasteiger partial charge in [-0.05, 0) is 11.1 Å². The molecule has 0 aliphatic heterocycles. The van der Waals surface area contributed by atoms with Gasteiger partial charge in [-0.2, -0.15) is 0 Å². The smallest absolute Gasteiger partial charge is 0.212 e. The van der Waals surface area contributed by atoms with Crippen molar-refractivity contribution in [1.29, 1.82) is 5.41 Å². The van der Waals surface area contributed by atoms with E-state index in [-0.39, 0.29) is 5.96 Å². The fourth-order valence-corrected chi connectivity index (χ4v) is 1.27. The summed E-state index contributed by atoms with van der Waals surface area (Å²) >= 11 is 0. The van der Waals surface area contributed by atoms with Gasteiger partial charge in [-0.1, -0.05) is 31.2 Å². The zero-order valence-corrected chi connectivity index (χ0v) is 8.36. The SMILES string of the molecule is CC1C2=CC=C1C=C2.CN(O)C(=N)N. The van der Waals surface area contributed by atoms with E-state index in [0.29, 0.717) is 11.0 Å². The first-order valence-electron chi connectivity index (χ1n) is 4.39. The highest BCUT2D eigenvalue weighted by Gasteiger charge is 2.18. The fourth-order valence-electron chi connectivity index (χ4n) is 1.27. The van der Waals surface area contributed by atoms with Crippen molar-refractivity contribution in [3.8, 4) is 0 Å². The van der Waals surface area contributed by atoms with Gasteiger partial charge in [0.05, 0.1) is 0 Å². The summed E-state index contributed by atoms with van der Waals surface area (Å²) in [6.07, 6.45) is 8.78. The summed E-state index contributed by atoms with van der Waals surface area (Å²) < 4.78 is 0. The third-order valence-electron chi connectivity index (χ3n) is 2.29. The predicted molar refractivity (Wildman–Crippen MR) is 55.9 cm³/mol. The van der Waals surface area contributed by atoms with Crippen LogP contribution < -0.4 is 5.73 Å². The molecule has 0 spiro atoms. The van der Waals surface area contributed by atoms with E-state index < -0.39 is 0 Å². The number of nitrogens with zero attached hydrogens (tertiary/aromatic N) is 1.